The molecule has 0 aromatic rings. The second-order valence-corrected chi connectivity index (χ2v) is 12.1. The molecule has 0 unspecified atom stereocenters. The molecule has 7 heteroatoms. The maximum absolute atomic E-state index is 11.1. The van der Waals surface area contributed by atoms with E-state index in [-0.39, 0.29) is 19.3 Å². The van der Waals surface area contributed by atoms with E-state index in [0.717, 1.165) is 19.4 Å². The Balaban J connectivity index is 4.08. The molecule has 0 saturated heterocycles. The Morgan fingerprint density at radius 3 is 1.07 bits per heavy atom. The predicted octanol–water partition coefficient (Wildman–Crippen LogP) is 9.00. The molecular formula is C34H64NO6+. The summed E-state index contributed by atoms with van der Waals surface area (Å²) >= 11 is 0. The monoisotopic (exact) mass is 582 g/mol. The number of hydrogen-bond acceptors (Lipinski definition) is 3. The lowest BCUT2D eigenvalue weighted by Crippen LogP contribution is -2.51. The molecule has 7 nitrogen and oxygen atoms in total. The van der Waals surface area contributed by atoms with Crippen LogP contribution in [0, 0.1) is 0 Å². The standard InChI is InChI=1S/C34H63NO6/c1-2-3-4-5-6-7-8-9-10-11-12-13-14-15-16-17-18-19-20-21-28-35(29-22-25-32(36)37,30-23-26-33(38)39)31-24-27-34(40)41/h7-8H,2-6,9-31H2,1H3,(H2-,36,37,38,39,40,41)/p+1/b8-7+. The van der Waals surface area contributed by atoms with Crippen molar-refractivity contribution in [2.24, 2.45) is 0 Å². The molecule has 0 bridgehead atoms. The van der Waals surface area contributed by atoms with E-state index in [1.165, 1.54) is 103 Å². The quantitative estimate of drug-likeness (QED) is 0.0414. The van der Waals surface area contributed by atoms with Crippen molar-refractivity contribution in [2.45, 2.75) is 161 Å². The van der Waals surface area contributed by atoms with Crippen molar-refractivity contribution in [3.8, 4) is 0 Å². The Labute approximate surface area is 251 Å². The van der Waals surface area contributed by atoms with Gasteiger partial charge in [0.15, 0.2) is 0 Å². The summed E-state index contributed by atoms with van der Waals surface area (Å²) < 4.78 is 0.642. The van der Waals surface area contributed by atoms with Crippen LogP contribution in [0.15, 0.2) is 12.2 Å². The largest absolute Gasteiger partial charge is 0.481 e. The van der Waals surface area contributed by atoms with Crippen molar-refractivity contribution in [3.05, 3.63) is 12.2 Å². The van der Waals surface area contributed by atoms with Gasteiger partial charge in [-0.3, -0.25) is 14.4 Å². The first-order valence-electron chi connectivity index (χ1n) is 17.0. The number of carbonyl (C=O) groups is 3. The van der Waals surface area contributed by atoms with E-state index in [1.54, 1.807) is 0 Å². The minimum absolute atomic E-state index is 0.0917. The average molecular weight is 583 g/mol. The first kappa shape index (κ1) is 39.1. The van der Waals surface area contributed by atoms with Crippen LogP contribution in [0.4, 0.5) is 0 Å². The smallest absolute Gasteiger partial charge is 0.303 e. The maximum Gasteiger partial charge on any atom is 0.303 e. The second-order valence-electron chi connectivity index (χ2n) is 12.1. The number of rotatable bonds is 32. The van der Waals surface area contributed by atoms with Gasteiger partial charge in [-0.25, -0.2) is 0 Å². The molecule has 0 heterocycles. The first-order chi connectivity index (χ1) is 19.8. The van der Waals surface area contributed by atoms with Crippen molar-refractivity contribution in [1.29, 1.82) is 0 Å². The lowest BCUT2D eigenvalue weighted by molar-refractivity contribution is -0.929. The number of unbranched alkanes of at least 4 members (excludes halogenated alkanes) is 16. The molecule has 0 aromatic heterocycles. The summed E-state index contributed by atoms with van der Waals surface area (Å²) in [4.78, 5) is 33.2. The van der Waals surface area contributed by atoms with Crippen molar-refractivity contribution in [2.75, 3.05) is 26.2 Å². The van der Waals surface area contributed by atoms with Crippen LogP contribution in [0.1, 0.15) is 161 Å². The van der Waals surface area contributed by atoms with Gasteiger partial charge in [0.05, 0.1) is 45.4 Å². The third-order valence-electron chi connectivity index (χ3n) is 8.21. The summed E-state index contributed by atoms with van der Waals surface area (Å²) in [5.41, 5.74) is 0. The van der Waals surface area contributed by atoms with Gasteiger partial charge in [-0.1, -0.05) is 96.1 Å². The molecule has 0 saturated carbocycles. The van der Waals surface area contributed by atoms with Crippen LogP contribution in [0.5, 0.6) is 0 Å². The van der Waals surface area contributed by atoms with Crippen molar-refractivity contribution in [3.63, 3.8) is 0 Å². The molecule has 41 heavy (non-hydrogen) atoms. The summed E-state index contributed by atoms with van der Waals surface area (Å²) in [7, 11) is 0. The Bertz CT molecular complexity index is 628. The van der Waals surface area contributed by atoms with Crippen LogP contribution < -0.4 is 0 Å². The number of aliphatic carboxylic acids is 3. The molecule has 0 rings (SSSR count). The van der Waals surface area contributed by atoms with E-state index < -0.39 is 17.9 Å². The molecular weight excluding hydrogens is 518 g/mol. The zero-order chi connectivity index (χ0) is 30.4. The van der Waals surface area contributed by atoms with Crippen LogP contribution in [0.25, 0.3) is 0 Å². The zero-order valence-electron chi connectivity index (χ0n) is 26.5. The molecule has 0 aliphatic rings. The van der Waals surface area contributed by atoms with Crippen LogP contribution in [0.3, 0.4) is 0 Å². The lowest BCUT2D eigenvalue weighted by Gasteiger charge is -2.39. The van der Waals surface area contributed by atoms with Crippen LogP contribution >= 0.6 is 0 Å². The van der Waals surface area contributed by atoms with Crippen molar-refractivity contribution < 1.29 is 34.2 Å². The highest BCUT2D eigenvalue weighted by atomic mass is 16.4. The van der Waals surface area contributed by atoms with Gasteiger partial charge in [0.1, 0.15) is 0 Å². The molecule has 0 fully saturated rings. The van der Waals surface area contributed by atoms with Gasteiger partial charge >= 0.3 is 17.9 Å². The number of hydrogen-bond donors (Lipinski definition) is 3. The summed E-state index contributed by atoms with van der Waals surface area (Å²) in [6.07, 6.45) is 29.7. The summed E-state index contributed by atoms with van der Waals surface area (Å²) in [6, 6.07) is 0. The van der Waals surface area contributed by atoms with Crippen LogP contribution in [-0.2, 0) is 14.4 Å². The predicted molar refractivity (Wildman–Crippen MR) is 168 cm³/mol. The minimum Gasteiger partial charge on any atom is -0.481 e. The number of quaternary nitrogens is 1. The fraction of sp³-hybridized carbons (Fsp3) is 0.853. The topological polar surface area (TPSA) is 112 Å². The molecule has 0 aromatic carbocycles. The Morgan fingerprint density at radius 1 is 0.439 bits per heavy atom. The highest BCUT2D eigenvalue weighted by Crippen LogP contribution is 2.19. The Kier molecular flexibility index (Phi) is 26.9. The van der Waals surface area contributed by atoms with Crippen LogP contribution in [-0.4, -0.2) is 63.9 Å². The summed E-state index contributed by atoms with van der Waals surface area (Å²) in [5.74, 6) is -2.47. The lowest BCUT2D eigenvalue weighted by atomic mass is 10.0. The third-order valence-corrected chi connectivity index (χ3v) is 8.21. The Morgan fingerprint density at radius 2 is 0.732 bits per heavy atom. The first-order valence-corrected chi connectivity index (χ1v) is 17.0. The van der Waals surface area contributed by atoms with E-state index in [4.69, 9.17) is 15.3 Å². The van der Waals surface area contributed by atoms with E-state index in [9.17, 15) is 14.4 Å². The SMILES string of the molecule is CCCCCC/C=C/CCCCCCCCCCCCCC[N+](CCCC(=O)O)(CCCC(=O)O)CCCC(=O)O. The van der Waals surface area contributed by atoms with Crippen molar-refractivity contribution >= 4 is 17.9 Å². The molecule has 0 radical (unpaired) electrons. The van der Waals surface area contributed by atoms with E-state index in [2.05, 4.69) is 19.1 Å². The van der Waals surface area contributed by atoms with Crippen LogP contribution in [0.2, 0.25) is 0 Å². The highest BCUT2D eigenvalue weighted by Gasteiger charge is 2.27. The molecule has 0 aliphatic carbocycles. The van der Waals surface area contributed by atoms with E-state index >= 15 is 0 Å². The number of nitrogens with zero attached hydrogens (tertiary/aromatic N) is 1. The van der Waals surface area contributed by atoms with Gasteiger partial charge in [-0.05, 0) is 38.5 Å². The van der Waals surface area contributed by atoms with Gasteiger partial charge in [0.2, 0.25) is 0 Å². The van der Waals surface area contributed by atoms with Gasteiger partial charge in [0, 0.05) is 19.3 Å². The van der Waals surface area contributed by atoms with E-state index in [1.807, 2.05) is 0 Å². The minimum atomic E-state index is -0.824. The highest BCUT2D eigenvalue weighted by molar-refractivity contribution is 5.67. The fourth-order valence-corrected chi connectivity index (χ4v) is 5.77. The molecule has 0 spiro atoms. The van der Waals surface area contributed by atoms with Gasteiger partial charge < -0.3 is 19.8 Å². The molecule has 0 amide bonds. The normalized spacial score (nSPS) is 11.8. The number of carboxylic acids is 3. The van der Waals surface area contributed by atoms with Gasteiger partial charge in [-0.15, -0.1) is 0 Å². The molecule has 240 valence electrons. The summed E-state index contributed by atoms with van der Waals surface area (Å²) in [5, 5.41) is 27.3. The number of allylic oxidation sites excluding steroid dienone is 2. The third kappa shape index (κ3) is 28.0. The zero-order valence-corrected chi connectivity index (χ0v) is 26.5. The second kappa shape index (κ2) is 28.2. The molecule has 3 N–H and O–H groups in total. The van der Waals surface area contributed by atoms with Crippen molar-refractivity contribution in [1.82, 2.24) is 0 Å². The Hall–Kier alpha value is -1.89. The van der Waals surface area contributed by atoms with E-state index in [0.29, 0.717) is 43.4 Å². The number of carboxylic acid groups (broad SMARTS) is 3. The average Bonchev–Trinajstić information content (AvgIpc) is 2.91. The van der Waals surface area contributed by atoms with Gasteiger partial charge in [-0.2, -0.15) is 0 Å². The molecule has 0 atom stereocenters. The van der Waals surface area contributed by atoms with Gasteiger partial charge in [0.25, 0.3) is 0 Å². The maximum atomic E-state index is 11.1. The molecule has 0 aliphatic heterocycles. The summed E-state index contributed by atoms with van der Waals surface area (Å²) in [6.45, 7) is 5.13. The fourth-order valence-electron chi connectivity index (χ4n) is 5.77.